The van der Waals surface area contributed by atoms with E-state index in [2.05, 4.69) is 75.9 Å². The Morgan fingerprint density at radius 2 is 1.61 bits per heavy atom. The van der Waals surface area contributed by atoms with E-state index < -0.39 is 0 Å². The Hall–Kier alpha value is -2.98. The van der Waals surface area contributed by atoms with E-state index in [-0.39, 0.29) is 0 Å². The molecule has 2 aromatic carbocycles. The van der Waals surface area contributed by atoms with Gasteiger partial charge in [-0.25, -0.2) is 0 Å². The number of aromatic nitrogens is 1. The van der Waals surface area contributed by atoms with E-state index >= 15 is 0 Å². The zero-order chi connectivity index (χ0) is 21.3. The number of amides is 1. The summed E-state index contributed by atoms with van der Waals surface area (Å²) < 4.78 is 0. The number of nitrogens with one attached hydrogen (secondary N) is 1. The molecule has 31 heavy (non-hydrogen) atoms. The molecule has 1 fully saturated rings. The van der Waals surface area contributed by atoms with Crippen molar-refractivity contribution in [1.82, 2.24) is 15.2 Å². The minimum atomic E-state index is 0.301. The van der Waals surface area contributed by atoms with Crippen LogP contribution in [-0.2, 0) is 11.3 Å². The summed E-state index contributed by atoms with van der Waals surface area (Å²) in [6, 6.07) is 27.6. The van der Waals surface area contributed by atoms with Gasteiger partial charge in [0.15, 0.2) is 0 Å². The molecule has 1 aromatic heterocycles. The number of likely N-dealkylation sites (tertiary alicyclic amines) is 1. The van der Waals surface area contributed by atoms with Crippen molar-refractivity contribution in [3.8, 4) is 0 Å². The molecule has 4 rings (SSSR count). The zero-order valence-electron chi connectivity index (χ0n) is 18.0. The number of carbonyl (C=O) groups excluding carboxylic acids is 1. The van der Waals surface area contributed by atoms with Crippen LogP contribution in [-0.4, -0.2) is 34.9 Å². The molecule has 160 valence electrons. The summed E-state index contributed by atoms with van der Waals surface area (Å²) in [7, 11) is 0. The van der Waals surface area contributed by atoms with Gasteiger partial charge in [-0.3, -0.25) is 9.78 Å². The number of benzene rings is 2. The fourth-order valence-electron chi connectivity index (χ4n) is 4.55. The smallest absolute Gasteiger partial charge is 0.222 e. The monoisotopic (exact) mass is 413 g/mol. The molecule has 0 unspecified atom stereocenters. The van der Waals surface area contributed by atoms with Gasteiger partial charge in [-0.2, -0.15) is 0 Å². The highest BCUT2D eigenvalue weighted by Crippen LogP contribution is 2.30. The predicted molar refractivity (Wildman–Crippen MR) is 125 cm³/mol. The van der Waals surface area contributed by atoms with Crippen molar-refractivity contribution < 1.29 is 4.79 Å². The Morgan fingerprint density at radius 1 is 0.935 bits per heavy atom. The standard InChI is InChI=1S/C27H31N3O/c31-27-15-14-25(16-19-28-21-24-13-7-8-18-29-24)30(27)20-17-26(22-9-3-1-4-10-22)23-11-5-2-6-12-23/h1-13,18,25-26,28H,14-17,19-21H2/t25-/m1/s1. The van der Waals surface area contributed by atoms with Gasteiger partial charge in [0.1, 0.15) is 0 Å². The quantitative estimate of drug-likeness (QED) is 0.487. The molecule has 1 aliphatic heterocycles. The lowest BCUT2D eigenvalue weighted by atomic mass is 9.88. The van der Waals surface area contributed by atoms with Gasteiger partial charge in [-0.15, -0.1) is 0 Å². The molecule has 2 heterocycles. The molecule has 0 radical (unpaired) electrons. The molecule has 1 atom stereocenters. The molecular formula is C27H31N3O. The van der Waals surface area contributed by atoms with Crippen LogP contribution in [0.25, 0.3) is 0 Å². The van der Waals surface area contributed by atoms with Crippen LogP contribution >= 0.6 is 0 Å². The Bertz CT molecular complexity index is 891. The second-order valence-corrected chi connectivity index (χ2v) is 8.23. The summed E-state index contributed by atoms with van der Waals surface area (Å²) in [5.41, 5.74) is 3.68. The van der Waals surface area contributed by atoms with Crippen LogP contribution in [0.2, 0.25) is 0 Å². The van der Waals surface area contributed by atoms with Gasteiger partial charge in [0, 0.05) is 37.7 Å². The maximum absolute atomic E-state index is 12.6. The van der Waals surface area contributed by atoms with Crippen LogP contribution in [0.15, 0.2) is 85.1 Å². The summed E-state index contributed by atoms with van der Waals surface area (Å²) in [6.45, 7) is 2.47. The van der Waals surface area contributed by atoms with Crippen molar-refractivity contribution in [1.29, 1.82) is 0 Å². The van der Waals surface area contributed by atoms with Crippen LogP contribution < -0.4 is 5.32 Å². The largest absolute Gasteiger partial charge is 0.340 e. The molecule has 1 amide bonds. The molecule has 4 nitrogen and oxygen atoms in total. The number of pyridine rings is 1. The molecular weight excluding hydrogens is 382 g/mol. The first-order valence-corrected chi connectivity index (χ1v) is 11.3. The lowest BCUT2D eigenvalue weighted by Gasteiger charge is -2.28. The van der Waals surface area contributed by atoms with Gasteiger partial charge < -0.3 is 10.2 Å². The lowest BCUT2D eigenvalue weighted by Crippen LogP contribution is -2.36. The first-order chi connectivity index (χ1) is 15.3. The van der Waals surface area contributed by atoms with Crippen LogP contribution in [0.4, 0.5) is 0 Å². The van der Waals surface area contributed by atoms with Crippen LogP contribution in [0, 0.1) is 0 Å². The average Bonchev–Trinajstić information content (AvgIpc) is 3.18. The summed E-state index contributed by atoms with van der Waals surface area (Å²) in [4.78, 5) is 19.1. The Kier molecular flexibility index (Phi) is 7.46. The second kappa shape index (κ2) is 10.9. The first-order valence-electron chi connectivity index (χ1n) is 11.3. The van der Waals surface area contributed by atoms with Crippen LogP contribution in [0.3, 0.4) is 0 Å². The summed E-state index contributed by atoms with van der Waals surface area (Å²) in [6.07, 6.45) is 5.39. The average molecular weight is 414 g/mol. The fraction of sp³-hybridized carbons (Fsp3) is 0.333. The van der Waals surface area contributed by atoms with E-state index in [9.17, 15) is 4.79 Å². The van der Waals surface area contributed by atoms with E-state index in [0.717, 1.165) is 44.6 Å². The van der Waals surface area contributed by atoms with Crippen molar-refractivity contribution in [2.24, 2.45) is 0 Å². The lowest BCUT2D eigenvalue weighted by molar-refractivity contribution is -0.129. The molecule has 3 aromatic rings. The highest BCUT2D eigenvalue weighted by Gasteiger charge is 2.30. The zero-order valence-corrected chi connectivity index (χ0v) is 18.0. The molecule has 1 saturated heterocycles. The first kappa shape index (κ1) is 21.3. The van der Waals surface area contributed by atoms with Gasteiger partial charge in [0.25, 0.3) is 0 Å². The second-order valence-electron chi connectivity index (χ2n) is 8.23. The normalized spacial score (nSPS) is 16.2. The SMILES string of the molecule is O=C1CC[C@H](CCNCc2ccccn2)N1CCC(c1ccccc1)c1ccccc1. The van der Waals surface area contributed by atoms with Crippen molar-refractivity contribution in [2.75, 3.05) is 13.1 Å². The van der Waals surface area contributed by atoms with Crippen LogP contribution in [0.5, 0.6) is 0 Å². The van der Waals surface area contributed by atoms with Crippen molar-refractivity contribution in [2.45, 2.75) is 44.2 Å². The maximum atomic E-state index is 12.6. The van der Waals surface area contributed by atoms with E-state index in [0.29, 0.717) is 24.3 Å². The van der Waals surface area contributed by atoms with Gasteiger partial charge >= 0.3 is 0 Å². The highest BCUT2D eigenvalue weighted by atomic mass is 16.2. The van der Waals surface area contributed by atoms with Gasteiger partial charge in [-0.1, -0.05) is 66.7 Å². The van der Waals surface area contributed by atoms with Gasteiger partial charge in [0.2, 0.25) is 5.91 Å². The number of carbonyl (C=O) groups is 1. The topological polar surface area (TPSA) is 45.2 Å². The van der Waals surface area contributed by atoms with E-state index in [1.165, 1.54) is 11.1 Å². The molecule has 0 saturated carbocycles. The molecule has 0 bridgehead atoms. The Labute approximate surface area is 185 Å². The van der Waals surface area contributed by atoms with E-state index in [1.54, 1.807) is 0 Å². The third kappa shape index (κ3) is 5.80. The minimum Gasteiger partial charge on any atom is -0.340 e. The fourth-order valence-corrected chi connectivity index (χ4v) is 4.55. The van der Waals surface area contributed by atoms with Gasteiger partial charge in [-0.05, 0) is 49.1 Å². The summed E-state index contributed by atoms with van der Waals surface area (Å²) in [5, 5.41) is 3.48. The number of hydrogen-bond donors (Lipinski definition) is 1. The van der Waals surface area contributed by atoms with Crippen molar-refractivity contribution in [3.05, 3.63) is 102 Å². The summed E-state index contributed by atoms with van der Waals surface area (Å²) >= 11 is 0. The van der Waals surface area contributed by atoms with E-state index in [1.807, 2.05) is 24.4 Å². The molecule has 0 spiro atoms. The third-order valence-electron chi connectivity index (χ3n) is 6.20. The molecule has 0 aliphatic carbocycles. The van der Waals surface area contributed by atoms with E-state index in [4.69, 9.17) is 0 Å². The maximum Gasteiger partial charge on any atom is 0.222 e. The third-order valence-corrected chi connectivity index (χ3v) is 6.20. The summed E-state index contributed by atoms with van der Waals surface area (Å²) in [5.74, 6) is 0.605. The highest BCUT2D eigenvalue weighted by molar-refractivity contribution is 5.78. The number of hydrogen-bond acceptors (Lipinski definition) is 3. The number of nitrogens with zero attached hydrogens (tertiary/aromatic N) is 2. The molecule has 4 heteroatoms. The minimum absolute atomic E-state index is 0.301. The molecule has 1 aliphatic rings. The van der Waals surface area contributed by atoms with Gasteiger partial charge in [0.05, 0.1) is 5.69 Å². The van der Waals surface area contributed by atoms with Crippen molar-refractivity contribution >= 4 is 5.91 Å². The predicted octanol–water partition coefficient (Wildman–Crippen LogP) is 4.77. The Morgan fingerprint density at radius 3 is 2.26 bits per heavy atom. The van der Waals surface area contributed by atoms with Crippen LogP contribution in [0.1, 0.15) is 48.4 Å². The Balaban J connectivity index is 1.35. The molecule has 1 N–H and O–H groups in total. The number of rotatable bonds is 10. The van der Waals surface area contributed by atoms with Crippen molar-refractivity contribution in [3.63, 3.8) is 0 Å².